The minimum atomic E-state index is -0.658. The molecule has 8 aromatic rings. The van der Waals surface area contributed by atoms with Crippen molar-refractivity contribution in [2.75, 3.05) is 0 Å². The fourth-order valence-corrected chi connectivity index (χ4v) is 5.33. The number of furan rings is 1. The standard InChI is InChI=1S/C38H24O/c1-3-11-25(12-4-1)27-20-22-35-34(23-27)29-21-19-28(24-36(29)39-35)38-32-17-9-7-15-30(32)37(26-13-5-2-6-14-26)31-16-8-10-18-33(31)38/h1-24H/i1D,3D,4D,11D,12D,19D,20D,21D,22D,23D,24D. The zero-order valence-electron chi connectivity index (χ0n) is 31.4. The monoisotopic (exact) mass is 507 g/mol. The molecular formula is C38H24O. The Morgan fingerprint density at radius 3 is 1.64 bits per heavy atom. The number of hydrogen-bond acceptors (Lipinski definition) is 1. The third-order valence-electron chi connectivity index (χ3n) is 7.00. The maximum Gasteiger partial charge on any atom is 0.136 e. The van der Waals surface area contributed by atoms with E-state index in [1.807, 2.05) is 78.9 Å². The molecule has 0 spiro atoms. The van der Waals surface area contributed by atoms with Gasteiger partial charge in [0.15, 0.2) is 0 Å². The van der Waals surface area contributed by atoms with Gasteiger partial charge in [0.05, 0.1) is 15.1 Å². The molecule has 0 saturated heterocycles. The average Bonchev–Trinajstić information content (AvgIpc) is 3.54. The molecule has 0 amide bonds. The Kier molecular flexibility index (Phi) is 3.04. The van der Waals surface area contributed by atoms with Gasteiger partial charge in [-0.3, -0.25) is 0 Å². The molecule has 0 radical (unpaired) electrons. The molecule has 8 rings (SSSR count). The van der Waals surface area contributed by atoms with Gasteiger partial charge in [0, 0.05) is 10.8 Å². The van der Waals surface area contributed by atoms with Gasteiger partial charge in [-0.2, -0.15) is 0 Å². The first-order chi connectivity index (χ1) is 24.0. The van der Waals surface area contributed by atoms with Crippen LogP contribution in [0.1, 0.15) is 15.1 Å². The van der Waals surface area contributed by atoms with Crippen LogP contribution in [0.3, 0.4) is 0 Å². The van der Waals surface area contributed by atoms with Crippen molar-refractivity contribution in [1.82, 2.24) is 0 Å². The van der Waals surface area contributed by atoms with Gasteiger partial charge < -0.3 is 4.42 Å². The van der Waals surface area contributed by atoms with Crippen molar-refractivity contribution in [3.05, 3.63) is 145 Å². The first-order valence-corrected chi connectivity index (χ1v) is 12.5. The summed E-state index contributed by atoms with van der Waals surface area (Å²) in [5.41, 5.74) is 1.42. The van der Waals surface area contributed by atoms with Crippen LogP contribution in [-0.4, -0.2) is 0 Å². The zero-order valence-corrected chi connectivity index (χ0v) is 20.4. The largest absolute Gasteiger partial charge is 0.456 e. The van der Waals surface area contributed by atoms with E-state index in [1.165, 1.54) is 0 Å². The molecule has 0 saturated carbocycles. The van der Waals surface area contributed by atoms with Gasteiger partial charge in [0.25, 0.3) is 0 Å². The van der Waals surface area contributed by atoms with Crippen molar-refractivity contribution < 1.29 is 19.5 Å². The smallest absolute Gasteiger partial charge is 0.136 e. The minimum absolute atomic E-state index is 0.0969. The van der Waals surface area contributed by atoms with Gasteiger partial charge in [-0.1, -0.05) is 121 Å². The summed E-state index contributed by atoms with van der Waals surface area (Å²) in [6, 6.07) is 19.5. The highest BCUT2D eigenvalue weighted by Gasteiger charge is 2.17. The van der Waals surface area contributed by atoms with Crippen molar-refractivity contribution in [2.45, 2.75) is 0 Å². The molecule has 1 nitrogen and oxygen atoms in total. The van der Waals surface area contributed by atoms with Gasteiger partial charge >= 0.3 is 0 Å². The van der Waals surface area contributed by atoms with Crippen molar-refractivity contribution >= 4 is 43.5 Å². The second-order valence-electron chi connectivity index (χ2n) is 9.22. The highest BCUT2D eigenvalue weighted by Crippen LogP contribution is 2.44. The molecule has 1 aromatic heterocycles. The lowest BCUT2D eigenvalue weighted by molar-refractivity contribution is 0.669. The molecule has 1 heterocycles. The normalized spacial score (nSPS) is 15.5. The van der Waals surface area contributed by atoms with Gasteiger partial charge in [-0.15, -0.1) is 0 Å². The molecule has 0 bridgehead atoms. The number of fused-ring (bicyclic) bond motifs is 5. The Bertz CT molecular complexity index is 2680. The summed E-state index contributed by atoms with van der Waals surface area (Å²) in [7, 11) is 0. The molecule has 0 fully saturated rings. The first kappa shape index (κ1) is 13.6. The average molecular weight is 508 g/mol. The van der Waals surface area contributed by atoms with Gasteiger partial charge in [0.2, 0.25) is 0 Å². The summed E-state index contributed by atoms with van der Waals surface area (Å²) >= 11 is 0. The Labute approximate surface area is 242 Å². The van der Waals surface area contributed by atoms with Crippen molar-refractivity contribution in [1.29, 1.82) is 0 Å². The molecule has 0 aliphatic heterocycles. The predicted molar refractivity (Wildman–Crippen MR) is 165 cm³/mol. The Hall–Kier alpha value is -5.14. The van der Waals surface area contributed by atoms with Crippen LogP contribution < -0.4 is 0 Å². The van der Waals surface area contributed by atoms with E-state index >= 15 is 0 Å². The molecule has 0 aliphatic rings. The first-order valence-electron chi connectivity index (χ1n) is 18.0. The Morgan fingerprint density at radius 2 is 0.974 bits per heavy atom. The zero-order chi connectivity index (χ0) is 35.3. The topological polar surface area (TPSA) is 13.1 Å². The molecular weight excluding hydrogens is 472 g/mol. The molecule has 0 N–H and O–H groups in total. The third kappa shape index (κ3) is 3.48. The van der Waals surface area contributed by atoms with E-state index in [0.29, 0.717) is 5.56 Å². The lowest BCUT2D eigenvalue weighted by Crippen LogP contribution is -1.90. The van der Waals surface area contributed by atoms with Crippen molar-refractivity contribution in [3.8, 4) is 33.4 Å². The van der Waals surface area contributed by atoms with Crippen LogP contribution in [0.5, 0.6) is 0 Å². The lowest BCUT2D eigenvalue weighted by Gasteiger charge is -2.17. The molecule has 1 heteroatoms. The molecule has 0 unspecified atom stereocenters. The second-order valence-corrected chi connectivity index (χ2v) is 9.22. The Balaban J connectivity index is 1.51. The summed E-state index contributed by atoms with van der Waals surface area (Å²) in [6.07, 6.45) is 0. The maximum atomic E-state index is 9.48. The number of benzene rings is 7. The van der Waals surface area contributed by atoms with E-state index < -0.39 is 59.5 Å². The minimum Gasteiger partial charge on any atom is -0.456 e. The third-order valence-corrected chi connectivity index (χ3v) is 7.00. The van der Waals surface area contributed by atoms with Crippen LogP contribution in [0, 0.1) is 0 Å². The van der Waals surface area contributed by atoms with Gasteiger partial charge in [-0.05, 0) is 79.1 Å². The summed E-state index contributed by atoms with van der Waals surface area (Å²) in [6.45, 7) is 0. The van der Waals surface area contributed by atoms with E-state index in [0.717, 1.165) is 32.7 Å². The van der Waals surface area contributed by atoms with E-state index in [9.17, 15) is 5.48 Å². The van der Waals surface area contributed by atoms with Crippen molar-refractivity contribution in [2.24, 2.45) is 0 Å². The maximum absolute atomic E-state index is 9.48. The highest BCUT2D eigenvalue weighted by atomic mass is 16.3. The van der Waals surface area contributed by atoms with E-state index in [2.05, 4.69) is 0 Å². The molecule has 182 valence electrons. The number of hydrogen-bond donors (Lipinski definition) is 0. The van der Waals surface area contributed by atoms with Crippen LogP contribution in [0.2, 0.25) is 0 Å². The summed E-state index contributed by atoms with van der Waals surface area (Å²) < 4.78 is 102. The summed E-state index contributed by atoms with van der Waals surface area (Å²) in [5.74, 6) is 0. The van der Waals surface area contributed by atoms with Crippen LogP contribution in [0.15, 0.2) is 150 Å². The molecule has 0 aliphatic carbocycles. The van der Waals surface area contributed by atoms with Gasteiger partial charge in [-0.25, -0.2) is 0 Å². The quantitative estimate of drug-likeness (QED) is 0.217. The van der Waals surface area contributed by atoms with E-state index in [1.54, 1.807) is 0 Å². The van der Waals surface area contributed by atoms with Gasteiger partial charge in [0.1, 0.15) is 11.2 Å². The fraction of sp³-hybridized carbons (Fsp3) is 0. The van der Waals surface area contributed by atoms with Crippen LogP contribution in [-0.2, 0) is 0 Å². The summed E-state index contributed by atoms with van der Waals surface area (Å²) in [5, 5.41) is 3.02. The van der Waals surface area contributed by atoms with E-state index in [4.69, 9.17) is 14.0 Å². The fourth-order valence-electron chi connectivity index (χ4n) is 5.33. The molecule has 39 heavy (non-hydrogen) atoms. The summed E-state index contributed by atoms with van der Waals surface area (Å²) in [4.78, 5) is 0. The SMILES string of the molecule is [2H]c1c([2H])c([2H])c(-c2c([2H])c([2H])c3oc4c([2H])c(-c5c6ccccc6c(-c6ccccc6)c6ccccc56)c([2H])c([2H])c4c3c2[2H])c([2H])c1[2H]. The lowest BCUT2D eigenvalue weighted by atomic mass is 9.86. The molecule has 0 atom stereocenters. The van der Waals surface area contributed by atoms with Crippen molar-refractivity contribution in [3.63, 3.8) is 0 Å². The van der Waals surface area contributed by atoms with Crippen LogP contribution in [0.4, 0.5) is 0 Å². The van der Waals surface area contributed by atoms with E-state index in [-0.39, 0.29) is 45.6 Å². The van der Waals surface area contributed by atoms with Crippen LogP contribution >= 0.6 is 0 Å². The number of rotatable bonds is 3. The van der Waals surface area contributed by atoms with Crippen LogP contribution in [0.25, 0.3) is 76.9 Å². The predicted octanol–water partition coefficient (Wildman–Crippen LogP) is 10.9. The highest BCUT2D eigenvalue weighted by molar-refractivity contribution is 6.22. The molecule has 7 aromatic carbocycles. The second kappa shape index (κ2) is 8.72. The Morgan fingerprint density at radius 1 is 0.385 bits per heavy atom.